The number of imidazole rings is 1. The Balaban J connectivity index is 2.09. The van der Waals surface area contributed by atoms with Gasteiger partial charge in [0.15, 0.2) is 0 Å². The van der Waals surface area contributed by atoms with Gasteiger partial charge in [0.2, 0.25) is 0 Å². The summed E-state index contributed by atoms with van der Waals surface area (Å²) < 4.78 is 51.6. The topological polar surface area (TPSA) is 29.9 Å². The van der Waals surface area contributed by atoms with Gasteiger partial charge >= 0.3 is 12.3 Å². The summed E-state index contributed by atoms with van der Waals surface area (Å²) in [5, 5.41) is 2.36. The molecule has 0 saturated carbocycles. The Morgan fingerprint density at radius 3 is 2.52 bits per heavy atom. The smallest absolute Gasteiger partial charge is 0.305 e. The Morgan fingerprint density at radius 2 is 1.90 bits per heavy atom. The van der Waals surface area contributed by atoms with E-state index in [1.165, 1.54) is 6.20 Å². The van der Waals surface area contributed by atoms with Gasteiger partial charge in [0.05, 0.1) is 18.4 Å². The van der Waals surface area contributed by atoms with Crippen molar-refractivity contribution < 1.29 is 17.6 Å². The van der Waals surface area contributed by atoms with Gasteiger partial charge in [0.25, 0.3) is 0 Å². The maximum Gasteiger partial charge on any atom is 0.319 e. The van der Waals surface area contributed by atoms with Gasteiger partial charge in [-0.25, -0.2) is 13.8 Å². The average molecular weight is 301 g/mol. The molecule has 0 radical (unpaired) electrons. The highest BCUT2D eigenvalue weighted by Gasteiger charge is 2.40. The molecule has 3 nitrogen and oxygen atoms in total. The molecule has 1 heterocycles. The summed E-state index contributed by atoms with van der Waals surface area (Å²) in [7, 11) is 0. The molecule has 1 aromatic carbocycles. The zero-order chi connectivity index (χ0) is 15.5. The lowest BCUT2D eigenvalue weighted by molar-refractivity contribution is -0.125. The van der Waals surface area contributed by atoms with Crippen LogP contribution < -0.4 is 5.32 Å². The van der Waals surface area contributed by atoms with Crippen LogP contribution in [0.4, 0.5) is 17.6 Å². The summed E-state index contributed by atoms with van der Waals surface area (Å²) >= 11 is 0. The minimum atomic E-state index is -4.04. The molecule has 0 fully saturated rings. The van der Waals surface area contributed by atoms with Crippen LogP contribution in [0.1, 0.15) is 11.5 Å². The summed E-state index contributed by atoms with van der Waals surface area (Å²) in [5.74, 6) is -3.34. The standard InChI is InChI=1S/C14H15F4N3/c1-10-20-8-12(7-19-9-14(17,18)13(15)16)21(10)11-5-3-2-4-6-11/h2-6,8,13,19H,7,9H2,1H3. The number of nitrogens with zero attached hydrogens (tertiary/aromatic N) is 2. The first kappa shape index (κ1) is 15.5. The maximum atomic E-state index is 12.8. The number of para-hydroxylation sites is 1. The highest BCUT2D eigenvalue weighted by molar-refractivity contribution is 5.35. The number of aryl methyl sites for hydroxylation is 1. The van der Waals surface area contributed by atoms with Crippen molar-refractivity contribution in [3.63, 3.8) is 0 Å². The molecule has 0 amide bonds. The predicted octanol–water partition coefficient (Wildman–Crippen LogP) is 3.17. The zero-order valence-corrected chi connectivity index (χ0v) is 11.4. The third kappa shape index (κ3) is 3.60. The van der Waals surface area contributed by atoms with Crippen molar-refractivity contribution in [1.82, 2.24) is 14.9 Å². The molecule has 21 heavy (non-hydrogen) atoms. The van der Waals surface area contributed by atoms with Gasteiger partial charge in [-0.2, -0.15) is 8.78 Å². The minimum absolute atomic E-state index is 0.0258. The molecular formula is C14H15F4N3. The first-order valence-corrected chi connectivity index (χ1v) is 6.37. The Hall–Kier alpha value is -1.89. The Kier molecular flexibility index (Phi) is 4.62. The van der Waals surface area contributed by atoms with E-state index in [4.69, 9.17) is 0 Å². The van der Waals surface area contributed by atoms with E-state index >= 15 is 0 Å². The van der Waals surface area contributed by atoms with Crippen LogP contribution >= 0.6 is 0 Å². The molecule has 0 spiro atoms. The second-order valence-electron chi connectivity index (χ2n) is 4.63. The molecular weight excluding hydrogens is 286 g/mol. The van der Waals surface area contributed by atoms with E-state index in [2.05, 4.69) is 10.3 Å². The third-order valence-corrected chi connectivity index (χ3v) is 3.01. The lowest BCUT2D eigenvalue weighted by Crippen LogP contribution is -2.38. The first-order valence-electron chi connectivity index (χ1n) is 6.37. The van der Waals surface area contributed by atoms with Gasteiger partial charge in [0, 0.05) is 12.2 Å². The van der Waals surface area contributed by atoms with E-state index < -0.39 is 18.9 Å². The minimum Gasteiger partial charge on any atom is -0.305 e. The molecule has 1 N–H and O–H groups in total. The molecule has 2 aromatic rings. The van der Waals surface area contributed by atoms with Crippen LogP contribution in [0, 0.1) is 6.92 Å². The molecule has 114 valence electrons. The van der Waals surface area contributed by atoms with E-state index in [0.717, 1.165) is 5.69 Å². The second kappa shape index (κ2) is 6.26. The summed E-state index contributed by atoms with van der Waals surface area (Å²) in [6.45, 7) is 0.728. The van der Waals surface area contributed by atoms with Crippen LogP contribution in [0.15, 0.2) is 36.5 Å². The summed E-state index contributed by atoms with van der Waals surface area (Å²) in [6.07, 6.45) is -2.14. The monoisotopic (exact) mass is 301 g/mol. The van der Waals surface area contributed by atoms with Crippen molar-refractivity contribution >= 4 is 0 Å². The fourth-order valence-electron chi connectivity index (χ4n) is 1.98. The van der Waals surface area contributed by atoms with Gasteiger partial charge in [-0.15, -0.1) is 0 Å². The van der Waals surface area contributed by atoms with Crippen molar-refractivity contribution in [2.75, 3.05) is 6.54 Å². The number of alkyl halides is 4. The van der Waals surface area contributed by atoms with Crippen molar-refractivity contribution in [1.29, 1.82) is 0 Å². The highest BCUT2D eigenvalue weighted by Crippen LogP contribution is 2.22. The predicted molar refractivity (Wildman–Crippen MR) is 71.0 cm³/mol. The average Bonchev–Trinajstić information content (AvgIpc) is 2.80. The van der Waals surface area contributed by atoms with Crippen LogP contribution in [-0.4, -0.2) is 28.4 Å². The molecule has 0 bridgehead atoms. The fraction of sp³-hybridized carbons (Fsp3) is 0.357. The number of benzene rings is 1. The molecule has 0 unspecified atom stereocenters. The van der Waals surface area contributed by atoms with Crippen molar-refractivity contribution in [2.45, 2.75) is 25.8 Å². The molecule has 7 heteroatoms. The number of nitrogens with one attached hydrogen (secondary N) is 1. The van der Waals surface area contributed by atoms with Gasteiger partial charge in [-0.05, 0) is 19.1 Å². The van der Waals surface area contributed by atoms with E-state index in [-0.39, 0.29) is 6.54 Å². The van der Waals surface area contributed by atoms with Crippen LogP contribution in [0.3, 0.4) is 0 Å². The number of hydrogen-bond acceptors (Lipinski definition) is 2. The number of rotatable bonds is 6. The zero-order valence-electron chi connectivity index (χ0n) is 11.4. The summed E-state index contributed by atoms with van der Waals surface area (Å²) in [4.78, 5) is 4.13. The third-order valence-electron chi connectivity index (χ3n) is 3.01. The van der Waals surface area contributed by atoms with Crippen LogP contribution in [-0.2, 0) is 6.54 Å². The normalized spacial score (nSPS) is 12.1. The molecule has 0 atom stereocenters. The largest absolute Gasteiger partial charge is 0.319 e. The lowest BCUT2D eigenvalue weighted by Gasteiger charge is -2.16. The van der Waals surface area contributed by atoms with Crippen LogP contribution in [0.2, 0.25) is 0 Å². The quantitative estimate of drug-likeness (QED) is 0.831. The van der Waals surface area contributed by atoms with Crippen LogP contribution in [0.25, 0.3) is 5.69 Å². The summed E-state index contributed by atoms with van der Waals surface area (Å²) in [5.41, 5.74) is 1.47. The molecule has 0 aliphatic heterocycles. The Labute approximate surface area is 119 Å². The Morgan fingerprint density at radius 1 is 1.24 bits per heavy atom. The number of halogens is 4. The van der Waals surface area contributed by atoms with Gasteiger partial charge in [-0.3, -0.25) is 4.57 Å². The van der Waals surface area contributed by atoms with E-state index in [9.17, 15) is 17.6 Å². The maximum absolute atomic E-state index is 12.8. The lowest BCUT2D eigenvalue weighted by atomic mass is 10.3. The first-order chi connectivity index (χ1) is 9.92. The van der Waals surface area contributed by atoms with E-state index in [0.29, 0.717) is 11.5 Å². The Bertz CT molecular complexity index is 581. The SMILES string of the molecule is Cc1ncc(CNCC(F)(F)C(F)F)n1-c1ccccc1. The fourth-order valence-corrected chi connectivity index (χ4v) is 1.98. The molecule has 0 aliphatic rings. The van der Waals surface area contributed by atoms with Crippen molar-refractivity contribution in [2.24, 2.45) is 0 Å². The molecule has 2 rings (SSSR count). The second-order valence-corrected chi connectivity index (χ2v) is 4.63. The molecule has 0 aliphatic carbocycles. The number of aromatic nitrogens is 2. The highest BCUT2D eigenvalue weighted by atomic mass is 19.3. The van der Waals surface area contributed by atoms with Crippen molar-refractivity contribution in [3.05, 3.63) is 48.0 Å². The van der Waals surface area contributed by atoms with Gasteiger partial charge < -0.3 is 5.32 Å². The summed E-state index contributed by atoms with van der Waals surface area (Å²) in [6, 6.07) is 9.25. The van der Waals surface area contributed by atoms with Crippen LogP contribution in [0.5, 0.6) is 0 Å². The van der Waals surface area contributed by atoms with Gasteiger partial charge in [0.1, 0.15) is 5.82 Å². The van der Waals surface area contributed by atoms with E-state index in [1.54, 1.807) is 11.5 Å². The molecule has 1 aromatic heterocycles. The van der Waals surface area contributed by atoms with Gasteiger partial charge in [-0.1, -0.05) is 18.2 Å². The number of hydrogen-bond donors (Lipinski definition) is 1. The molecule has 0 saturated heterocycles. The van der Waals surface area contributed by atoms with E-state index in [1.807, 2.05) is 30.3 Å². The van der Waals surface area contributed by atoms with Crippen molar-refractivity contribution in [3.8, 4) is 5.69 Å².